The van der Waals surface area contributed by atoms with Gasteiger partial charge in [0.1, 0.15) is 23.2 Å². The summed E-state index contributed by atoms with van der Waals surface area (Å²) in [4.78, 5) is 69.1. The van der Waals surface area contributed by atoms with Crippen molar-refractivity contribution in [3.05, 3.63) is 68.8 Å². The molecule has 2 aromatic rings. The molecule has 16 heteroatoms. The SMILES string of the molecule is CC(C)(C)OC(=O)NCCNC(=O)OC(CCC(=O)Oc1ccc([N+](=O)[O-])cc1)CCC(=O)Oc1ccc([N+](=O)[O-])cc1. The summed E-state index contributed by atoms with van der Waals surface area (Å²) in [6, 6.07) is 9.74. The molecule has 2 rings (SSSR count). The van der Waals surface area contributed by atoms with Crippen LogP contribution in [0.5, 0.6) is 11.5 Å². The molecule has 0 radical (unpaired) electrons. The molecule has 0 fully saturated rings. The molecule has 0 aliphatic carbocycles. The first-order chi connectivity index (χ1) is 20.2. The van der Waals surface area contributed by atoms with Crippen molar-refractivity contribution < 1.29 is 48.0 Å². The lowest BCUT2D eigenvalue weighted by Crippen LogP contribution is -2.38. The van der Waals surface area contributed by atoms with Gasteiger partial charge in [-0.05, 0) is 57.9 Å². The Balaban J connectivity index is 1.91. The maximum absolute atomic E-state index is 12.4. The summed E-state index contributed by atoms with van der Waals surface area (Å²) < 4.78 is 20.8. The second kappa shape index (κ2) is 16.2. The zero-order chi connectivity index (χ0) is 32.0. The molecule has 2 amide bonds. The standard InChI is InChI=1S/C27H32N4O12/c1-27(2,3)43-26(35)29-17-16-28-25(34)42-22(12-14-23(32)40-20-8-4-18(5-9-20)30(36)37)13-15-24(33)41-21-10-6-19(7-11-21)31(38)39/h4-11,22H,12-17H2,1-3H3,(H,28,34)(H,29,35). The van der Waals surface area contributed by atoms with Crippen LogP contribution >= 0.6 is 0 Å². The number of nitrogens with zero attached hydrogens (tertiary/aromatic N) is 2. The van der Waals surface area contributed by atoms with Crippen molar-refractivity contribution in [2.45, 2.75) is 58.2 Å². The van der Waals surface area contributed by atoms with Crippen LogP contribution in [0, 0.1) is 20.2 Å². The number of nitro groups is 2. The van der Waals surface area contributed by atoms with E-state index in [2.05, 4.69) is 10.6 Å². The third-order valence-electron chi connectivity index (χ3n) is 5.24. The second-order valence-corrected chi connectivity index (χ2v) is 9.91. The average Bonchev–Trinajstić information content (AvgIpc) is 2.92. The minimum atomic E-state index is -0.937. The van der Waals surface area contributed by atoms with Gasteiger partial charge in [0.05, 0.1) is 9.85 Å². The Morgan fingerprint density at radius 1 is 0.721 bits per heavy atom. The Morgan fingerprint density at radius 3 is 1.49 bits per heavy atom. The summed E-state index contributed by atoms with van der Waals surface area (Å²) >= 11 is 0. The molecule has 43 heavy (non-hydrogen) atoms. The van der Waals surface area contributed by atoms with Gasteiger partial charge in [-0.2, -0.15) is 0 Å². The molecule has 0 aromatic heterocycles. The van der Waals surface area contributed by atoms with Gasteiger partial charge in [0.15, 0.2) is 0 Å². The van der Waals surface area contributed by atoms with Gasteiger partial charge in [0, 0.05) is 50.2 Å². The van der Waals surface area contributed by atoms with Crippen LogP contribution in [0.1, 0.15) is 46.5 Å². The number of benzene rings is 2. The van der Waals surface area contributed by atoms with E-state index in [-0.39, 0.29) is 61.6 Å². The van der Waals surface area contributed by atoms with Crippen LogP contribution in [-0.4, -0.2) is 58.8 Å². The molecule has 0 unspecified atom stereocenters. The highest BCUT2D eigenvalue weighted by atomic mass is 16.6. The summed E-state index contributed by atoms with van der Waals surface area (Å²) in [7, 11) is 0. The fourth-order valence-corrected chi connectivity index (χ4v) is 3.29. The topological polar surface area (TPSA) is 216 Å². The van der Waals surface area contributed by atoms with E-state index in [0.29, 0.717) is 0 Å². The maximum Gasteiger partial charge on any atom is 0.407 e. The van der Waals surface area contributed by atoms with Crippen molar-refractivity contribution in [1.29, 1.82) is 0 Å². The van der Waals surface area contributed by atoms with Crippen LogP contribution in [0.3, 0.4) is 0 Å². The monoisotopic (exact) mass is 604 g/mol. The molecule has 0 saturated carbocycles. The Labute approximate surface area is 245 Å². The van der Waals surface area contributed by atoms with E-state index in [1.807, 2.05) is 0 Å². The highest BCUT2D eigenvalue weighted by Gasteiger charge is 2.20. The first-order valence-electron chi connectivity index (χ1n) is 13.0. The van der Waals surface area contributed by atoms with Crippen LogP contribution in [-0.2, 0) is 19.1 Å². The van der Waals surface area contributed by atoms with Gasteiger partial charge in [-0.1, -0.05) is 0 Å². The first kappa shape index (κ1) is 33.9. The highest BCUT2D eigenvalue weighted by molar-refractivity contribution is 5.74. The lowest BCUT2D eigenvalue weighted by atomic mass is 10.1. The average molecular weight is 605 g/mol. The Kier molecular flexibility index (Phi) is 12.8. The van der Waals surface area contributed by atoms with E-state index >= 15 is 0 Å². The van der Waals surface area contributed by atoms with Gasteiger partial charge in [-0.3, -0.25) is 29.8 Å². The molecule has 0 saturated heterocycles. The minimum Gasteiger partial charge on any atom is -0.446 e. The van der Waals surface area contributed by atoms with Crippen molar-refractivity contribution in [1.82, 2.24) is 10.6 Å². The van der Waals surface area contributed by atoms with Crippen molar-refractivity contribution >= 4 is 35.5 Å². The number of nitrogens with one attached hydrogen (secondary N) is 2. The van der Waals surface area contributed by atoms with E-state index in [1.165, 1.54) is 48.5 Å². The third-order valence-corrected chi connectivity index (χ3v) is 5.24. The summed E-state index contributed by atoms with van der Waals surface area (Å²) in [5, 5.41) is 26.5. The molecule has 0 atom stereocenters. The fraction of sp³-hybridized carbons (Fsp3) is 0.407. The van der Waals surface area contributed by atoms with E-state index < -0.39 is 45.7 Å². The van der Waals surface area contributed by atoms with E-state index in [9.17, 15) is 39.4 Å². The first-order valence-corrected chi connectivity index (χ1v) is 13.0. The zero-order valence-corrected chi connectivity index (χ0v) is 23.7. The number of alkyl carbamates (subject to hydrolysis) is 2. The molecule has 2 aromatic carbocycles. The van der Waals surface area contributed by atoms with Gasteiger partial charge in [0.25, 0.3) is 11.4 Å². The van der Waals surface area contributed by atoms with E-state index in [0.717, 1.165) is 0 Å². The van der Waals surface area contributed by atoms with Crippen LogP contribution in [0.15, 0.2) is 48.5 Å². The predicted octanol–water partition coefficient (Wildman–Crippen LogP) is 4.19. The van der Waals surface area contributed by atoms with Gasteiger partial charge in [-0.25, -0.2) is 9.59 Å². The number of hydrogen-bond donors (Lipinski definition) is 2. The Bertz CT molecular complexity index is 1220. The zero-order valence-electron chi connectivity index (χ0n) is 23.7. The molecular weight excluding hydrogens is 572 g/mol. The molecule has 0 aliphatic rings. The number of nitro benzene ring substituents is 2. The highest BCUT2D eigenvalue weighted by Crippen LogP contribution is 2.20. The Hall–Kier alpha value is -5.28. The number of carbonyl (C=O) groups is 4. The molecular formula is C27H32N4O12. The summed E-state index contributed by atoms with van der Waals surface area (Å²) in [5.74, 6) is -1.26. The molecule has 0 spiro atoms. The van der Waals surface area contributed by atoms with Crippen molar-refractivity contribution in [3.8, 4) is 11.5 Å². The van der Waals surface area contributed by atoms with E-state index in [4.69, 9.17) is 18.9 Å². The molecule has 0 aliphatic heterocycles. The minimum absolute atomic E-state index is 0.00479. The number of ether oxygens (including phenoxy) is 4. The van der Waals surface area contributed by atoms with Crippen molar-refractivity contribution in [3.63, 3.8) is 0 Å². The second-order valence-electron chi connectivity index (χ2n) is 9.91. The molecule has 0 heterocycles. The van der Waals surface area contributed by atoms with Gasteiger partial charge in [-0.15, -0.1) is 0 Å². The van der Waals surface area contributed by atoms with Gasteiger partial charge < -0.3 is 29.6 Å². The van der Waals surface area contributed by atoms with Crippen molar-refractivity contribution in [2.75, 3.05) is 13.1 Å². The maximum atomic E-state index is 12.4. The van der Waals surface area contributed by atoms with Crippen LogP contribution in [0.4, 0.5) is 21.0 Å². The lowest BCUT2D eigenvalue weighted by Gasteiger charge is -2.20. The molecule has 232 valence electrons. The number of amides is 2. The number of esters is 2. The van der Waals surface area contributed by atoms with E-state index in [1.54, 1.807) is 20.8 Å². The number of hydrogen-bond acceptors (Lipinski definition) is 12. The van der Waals surface area contributed by atoms with Crippen LogP contribution in [0.2, 0.25) is 0 Å². The van der Waals surface area contributed by atoms with Crippen molar-refractivity contribution in [2.24, 2.45) is 0 Å². The summed E-state index contributed by atoms with van der Waals surface area (Å²) in [6.45, 7) is 5.14. The summed E-state index contributed by atoms with van der Waals surface area (Å²) in [6.07, 6.45) is -3.02. The molecule has 0 bridgehead atoms. The number of carbonyl (C=O) groups excluding carboxylic acids is 4. The summed E-state index contributed by atoms with van der Waals surface area (Å²) in [5.41, 5.74) is -1.05. The number of rotatable bonds is 14. The quantitative estimate of drug-likeness (QED) is 0.102. The van der Waals surface area contributed by atoms with Crippen LogP contribution in [0.25, 0.3) is 0 Å². The third kappa shape index (κ3) is 13.8. The fourth-order valence-electron chi connectivity index (χ4n) is 3.29. The number of non-ortho nitro benzene ring substituents is 2. The smallest absolute Gasteiger partial charge is 0.407 e. The predicted molar refractivity (Wildman–Crippen MR) is 148 cm³/mol. The Morgan fingerprint density at radius 2 is 1.12 bits per heavy atom. The molecule has 16 nitrogen and oxygen atoms in total. The normalized spacial score (nSPS) is 10.8. The van der Waals surface area contributed by atoms with Gasteiger partial charge >= 0.3 is 24.1 Å². The van der Waals surface area contributed by atoms with Crippen LogP contribution < -0.4 is 20.1 Å². The largest absolute Gasteiger partial charge is 0.446 e. The van der Waals surface area contributed by atoms with Gasteiger partial charge in [0.2, 0.25) is 0 Å². The lowest BCUT2D eigenvalue weighted by molar-refractivity contribution is -0.385. The molecule has 2 N–H and O–H groups in total.